The number of hydrogen-bond donors (Lipinski definition) is 0. The van der Waals surface area contributed by atoms with Gasteiger partial charge in [0.25, 0.3) is 0 Å². The lowest BCUT2D eigenvalue weighted by atomic mass is 10.3. The number of halogens is 3. The van der Waals surface area contributed by atoms with E-state index in [1.807, 2.05) is 6.26 Å². The van der Waals surface area contributed by atoms with Crippen molar-refractivity contribution >= 4 is 23.4 Å². The summed E-state index contributed by atoms with van der Waals surface area (Å²) in [6, 6.07) is 3.18. The highest BCUT2D eigenvalue weighted by atomic mass is 32.2. The molecule has 0 aliphatic rings. The first-order chi connectivity index (χ1) is 10.8. The molecule has 0 spiro atoms. The highest BCUT2D eigenvalue weighted by Gasteiger charge is 2.39. The van der Waals surface area contributed by atoms with E-state index >= 15 is 0 Å². The maximum absolute atomic E-state index is 13.2. The third-order valence-corrected chi connectivity index (χ3v) is 3.74. The van der Waals surface area contributed by atoms with E-state index in [1.54, 1.807) is 12.1 Å². The molecule has 0 atom stereocenters. The topological polar surface area (TPSA) is 51.0 Å². The van der Waals surface area contributed by atoms with E-state index in [9.17, 15) is 18.0 Å². The molecule has 0 unspecified atom stereocenters. The van der Waals surface area contributed by atoms with Gasteiger partial charge in [0.2, 0.25) is 5.91 Å². The number of hydrogen-bond acceptors (Lipinski definition) is 4. The summed E-state index contributed by atoms with van der Waals surface area (Å²) < 4.78 is 40.7. The highest BCUT2D eigenvalue weighted by Crippen LogP contribution is 2.36. The molecule has 0 aromatic carbocycles. The molecule has 23 heavy (non-hydrogen) atoms. The van der Waals surface area contributed by atoms with Crippen LogP contribution in [0.15, 0.2) is 30.7 Å². The van der Waals surface area contributed by atoms with Crippen molar-refractivity contribution in [3.8, 4) is 5.69 Å². The number of alkyl halides is 3. The Morgan fingerprint density at radius 3 is 2.74 bits per heavy atom. The van der Waals surface area contributed by atoms with Gasteiger partial charge in [0.05, 0.1) is 23.8 Å². The van der Waals surface area contributed by atoms with Crippen LogP contribution in [0, 0.1) is 0 Å². The Kier molecular flexibility index (Phi) is 5.30. The smallest absolute Gasteiger partial charge is 0.312 e. The molecule has 2 heterocycles. The number of aromatic nitrogens is 3. The zero-order valence-corrected chi connectivity index (χ0v) is 13.4. The van der Waals surface area contributed by atoms with Gasteiger partial charge in [-0.15, -0.1) is 0 Å². The van der Waals surface area contributed by atoms with Gasteiger partial charge < -0.3 is 4.90 Å². The van der Waals surface area contributed by atoms with Gasteiger partial charge in [0.1, 0.15) is 0 Å². The minimum Gasteiger partial charge on any atom is -0.312 e. The lowest BCUT2D eigenvalue weighted by Crippen LogP contribution is -2.28. The van der Waals surface area contributed by atoms with E-state index in [-0.39, 0.29) is 12.1 Å². The number of rotatable bonds is 5. The fraction of sp³-hybridized carbons (Fsp3) is 0.357. The number of nitrogens with zero attached hydrogens (tertiary/aromatic N) is 4. The monoisotopic (exact) mass is 344 g/mol. The molecule has 0 saturated heterocycles. The van der Waals surface area contributed by atoms with Crippen LogP contribution in [0.2, 0.25) is 0 Å². The third-order valence-electron chi connectivity index (χ3n) is 3.13. The molecule has 0 radical (unpaired) electrons. The van der Waals surface area contributed by atoms with Gasteiger partial charge in [-0.05, 0) is 18.4 Å². The number of thioether (sulfide) groups is 1. The predicted octanol–water partition coefficient (Wildman–Crippen LogP) is 3.00. The van der Waals surface area contributed by atoms with Crippen LogP contribution in [0.4, 0.5) is 18.9 Å². The Bertz CT molecular complexity index is 672. The largest absolute Gasteiger partial charge is 0.437 e. The number of amides is 1. The van der Waals surface area contributed by atoms with Crippen molar-refractivity contribution < 1.29 is 18.0 Å². The maximum atomic E-state index is 13.2. The van der Waals surface area contributed by atoms with Crippen molar-refractivity contribution in [1.82, 2.24) is 14.8 Å². The van der Waals surface area contributed by atoms with Crippen molar-refractivity contribution in [3.05, 3.63) is 36.4 Å². The summed E-state index contributed by atoms with van der Waals surface area (Å²) in [5, 5.41) is 3.59. The molecule has 124 valence electrons. The number of carbonyl (C=O) groups excluding carboxylic acids is 1. The van der Waals surface area contributed by atoms with Crippen LogP contribution in [-0.2, 0) is 11.0 Å². The predicted molar refractivity (Wildman–Crippen MR) is 82.8 cm³/mol. The minimum absolute atomic E-state index is 0.160. The van der Waals surface area contributed by atoms with E-state index in [4.69, 9.17) is 0 Å². The molecular weight excluding hydrogens is 329 g/mol. The third kappa shape index (κ3) is 4.04. The number of pyridine rings is 1. The molecular formula is C14H15F3N4OS. The Morgan fingerprint density at radius 2 is 2.17 bits per heavy atom. The molecule has 0 bridgehead atoms. The summed E-state index contributed by atoms with van der Waals surface area (Å²) >= 11 is 1.46. The highest BCUT2D eigenvalue weighted by molar-refractivity contribution is 7.98. The minimum atomic E-state index is -4.66. The Labute approximate surface area is 135 Å². The van der Waals surface area contributed by atoms with E-state index < -0.39 is 17.8 Å². The van der Waals surface area contributed by atoms with Crippen LogP contribution in [0.5, 0.6) is 0 Å². The van der Waals surface area contributed by atoms with Crippen molar-refractivity contribution in [3.63, 3.8) is 0 Å². The number of carbonyl (C=O) groups is 1. The Balaban J connectivity index is 2.41. The van der Waals surface area contributed by atoms with Crippen molar-refractivity contribution in [2.24, 2.45) is 0 Å². The standard InChI is InChI=1S/C14H15F3N4OS/c1-20(12(22)5-7-23-2)11-9-21(10-4-3-6-18-8-10)19-13(11)14(15,16)17/h3-4,6,8-9H,5,7H2,1-2H3. The van der Waals surface area contributed by atoms with Crippen LogP contribution in [0.25, 0.3) is 5.69 Å². The van der Waals surface area contributed by atoms with Gasteiger partial charge in [-0.25, -0.2) is 4.68 Å². The molecule has 9 heteroatoms. The summed E-state index contributed by atoms with van der Waals surface area (Å²) in [6.07, 6.45) is 1.43. The zero-order chi connectivity index (χ0) is 17.0. The van der Waals surface area contributed by atoms with Gasteiger partial charge in [-0.2, -0.15) is 30.0 Å². The second kappa shape index (κ2) is 7.03. The normalized spacial score (nSPS) is 11.5. The molecule has 2 rings (SSSR count). The average molecular weight is 344 g/mol. The summed E-state index contributed by atoms with van der Waals surface area (Å²) in [4.78, 5) is 16.9. The second-order valence-electron chi connectivity index (χ2n) is 4.71. The molecule has 0 N–H and O–H groups in total. The average Bonchev–Trinajstić information content (AvgIpc) is 2.98. The van der Waals surface area contributed by atoms with Crippen molar-refractivity contribution in [2.45, 2.75) is 12.6 Å². The summed E-state index contributed by atoms with van der Waals surface area (Å²) in [7, 11) is 1.32. The Morgan fingerprint density at radius 1 is 1.43 bits per heavy atom. The quantitative estimate of drug-likeness (QED) is 0.837. The SMILES string of the molecule is CSCCC(=O)N(C)c1cn(-c2cccnc2)nc1C(F)(F)F. The van der Waals surface area contributed by atoms with Gasteiger partial charge in [-0.1, -0.05) is 0 Å². The van der Waals surface area contributed by atoms with Gasteiger partial charge >= 0.3 is 6.18 Å². The number of anilines is 1. The molecule has 0 fully saturated rings. The first-order valence-electron chi connectivity index (χ1n) is 6.67. The molecule has 0 aliphatic heterocycles. The first-order valence-corrected chi connectivity index (χ1v) is 8.06. The van der Waals surface area contributed by atoms with Gasteiger partial charge in [0.15, 0.2) is 5.69 Å². The summed E-state index contributed by atoms with van der Waals surface area (Å²) in [5.74, 6) is 0.150. The van der Waals surface area contributed by atoms with Gasteiger partial charge in [0, 0.05) is 25.4 Å². The molecule has 0 aliphatic carbocycles. The summed E-state index contributed by atoms with van der Waals surface area (Å²) in [6.45, 7) is 0. The van der Waals surface area contributed by atoms with Crippen LogP contribution < -0.4 is 4.90 Å². The lowest BCUT2D eigenvalue weighted by Gasteiger charge is -2.17. The van der Waals surface area contributed by atoms with Gasteiger partial charge in [-0.3, -0.25) is 9.78 Å². The maximum Gasteiger partial charge on any atom is 0.437 e. The van der Waals surface area contributed by atoms with Crippen LogP contribution in [-0.4, -0.2) is 39.7 Å². The van der Waals surface area contributed by atoms with Crippen molar-refractivity contribution in [2.75, 3.05) is 24.0 Å². The summed E-state index contributed by atoms with van der Waals surface area (Å²) in [5.41, 5.74) is -0.983. The molecule has 5 nitrogen and oxygen atoms in total. The van der Waals surface area contributed by atoms with Crippen LogP contribution in [0.3, 0.4) is 0 Å². The second-order valence-corrected chi connectivity index (χ2v) is 5.70. The zero-order valence-electron chi connectivity index (χ0n) is 12.5. The fourth-order valence-electron chi connectivity index (χ4n) is 1.93. The van der Waals surface area contributed by atoms with E-state index in [0.717, 1.165) is 9.58 Å². The molecule has 0 saturated carbocycles. The van der Waals surface area contributed by atoms with E-state index in [1.165, 1.54) is 37.4 Å². The Hall–Kier alpha value is -2.03. The van der Waals surface area contributed by atoms with Crippen LogP contribution >= 0.6 is 11.8 Å². The van der Waals surface area contributed by atoms with E-state index in [0.29, 0.717) is 11.4 Å². The lowest BCUT2D eigenvalue weighted by molar-refractivity contribution is -0.140. The molecule has 2 aromatic rings. The first kappa shape index (κ1) is 17.3. The van der Waals surface area contributed by atoms with Crippen LogP contribution in [0.1, 0.15) is 12.1 Å². The fourth-order valence-corrected chi connectivity index (χ4v) is 2.30. The van der Waals surface area contributed by atoms with E-state index in [2.05, 4.69) is 10.1 Å². The van der Waals surface area contributed by atoms with Crippen molar-refractivity contribution in [1.29, 1.82) is 0 Å². The molecule has 1 amide bonds. The molecule has 2 aromatic heterocycles.